The Labute approximate surface area is 225 Å². The van der Waals surface area contributed by atoms with Gasteiger partial charge >= 0.3 is 0 Å². The number of hydrogen-bond acceptors (Lipinski definition) is 9. The number of amides is 1. The summed E-state index contributed by atoms with van der Waals surface area (Å²) in [5.41, 5.74) is 3.05. The van der Waals surface area contributed by atoms with Crippen LogP contribution in [-0.4, -0.2) is 74.4 Å². The fraction of sp³-hybridized carbons (Fsp3) is 0.571. The first-order valence-electron chi connectivity index (χ1n) is 13.7. The van der Waals surface area contributed by atoms with E-state index in [2.05, 4.69) is 31.2 Å². The molecule has 2 N–H and O–H groups in total. The fourth-order valence-electron chi connectivity index (χ4n) is 6.17. The molecule has 3 aromatic rings. The predicted molar refractivity (Wildman–Crippen MR) is 144 cm³/mol. The molecule has 3 heterocycles. The van der Waals surface area contributed by atoms with Gasteiger partial charge in [-0.1, -0.05) is 17.4 Å². The van der Waals surface area contributed by atoms with Crippen molar-refractivity contribution in [2.75, 3.05) is 25.1 Å². The van der Waals surface area contributed by atoms with Gasteiger partial charge in [0.25, 0.3) is 0 Å². The highest BCUT2D eigenvalue weighted by Crippen LogP contribution is 2.48. The summed E-state index contributed by atoms with van der Waals surface area (Å²) in [6.45, 7) is 2.95. The number of morpholine rings is 1. The van der Waals surface area contributed by atoms with Gasteiger partial charge in [-0.15, -0.1) is 0 Å². The number of hydrogen-bond donors (Lipinski definition) is 2. The molecule has 7 rings (SSSR count). The van der Waals surface area contributed by atoms with Crippen LogP contribution in [0.25, 0.3) is 21.3 Å². The molecule has 4 aliphatic rings. The Balaban J connectivity index is 0.957. The normalized spacial score (nSPS) is 28.4. The van der Waals surface area contributed by atoms with Crippen LogP contribution >= 0.6 is 11.3 Å². The fourth-order valence-corrected chi connectivity index (χ4v) is 7.08. The molecule has 0 radical (unpaired) electrons. The van der Waals surface area contributed by atoms with Crippen molar-refractivity contribution in [3.8, 4) is 11.1 Å². The largest absolute Gasteiger partial charge is 0.390 e. The molecular weight excluding hydrogens is 502 g/mol. The number of ether oxygens (including phenoxy) is 2. The average Bonchev–Trinajstić information content (AvgIpc) is 3.34. The van der Waals surface area contributed by atoms with Crippen LogP contribution in [0.1, 0.15) is 50.8 Å². The Kier molecular flexibility index (Phi) is 6.40. The first-order chi connectivity index (χ1) is 18.6. The number of nitrogens with zero attached hydrogens (tertiary/aromatic N) is 4. The van der Waals surface area contributed by atoms with Crippen molar-refractivity contribution in [2.45, 2.75) is 75.3 Å². The maximum absolute atomic E-state index is 12.9. The third-order valence-corrected chi connectivity index (χ3v) is 9.64. The van der Waals surface area contributed by atoms with Crippen LogP contribution in [0.15, 0.2) is 30.6 Å². The van der Waals surface area contributed by atoms with Crippen molar-refractivity contribution in [1.29, 1.82) is 0 Å². The molecule has 1 aliphatic heterocycles. The van der Waals surface area contributed by atoms with E-state index in [4.69, 9.17) is 9.47 Å². The Morgan fingerprint density at radius 1 is 1.21 bits per heavy atom. The number of aliphatic hydroxyl groups is 1. The number of carbonyl (C=O) groups is 1. The van der Waals surface area contributed by atoms with Gasteiger partial charge in [-0.2, -0.15) is 0 Å². The Bertz CT molecular complexity index is 1320. The van der Waals surface area contributed by atoms with Crippen LogP contribution in [0.2, 0.25) is 0 Å². The lowest BCUT2D eigenvalue weighted by atomic mass is 9.77. The smallest absolute Gasteiger partial charge is 0.229 e. The molecule has 1 spiro atoms. The molecule has 1 aromatic carbocycles. The number of anilines is 1. The summed E-state index contributed by atoms with van der Waals surface area (Å²) in [5.74, 6) is 0.739. The van der Waals surface area contributed by atoms with Crippen LogP contribution < -0.4 is 5.32 Å². The minimum Gasteiger partial charge on any atom is -0.390 e. The first kappa shape index (κ1) is 24.5. The second kappa shape index (κ2) is 9.91. The number of aliphatic hydroxyl groups excluding tert-OH is 1. The van der Waals surface area contributed by atoms with Gasteiger partial charge < -0.3 is 19.9 Å². The molecule has 0 unspecified atom stereocenters. The second-order valence-corrected chi connectivity index (χ2v) is 12.2. The van der Waals surface area contributed by atoms with Crippen LogP contribution in [-0.2, 0) is 20.9 Å². The third-order valence-electron chi connectivity index (χ3n) is 8.71. The Morgan fingerprint density at radius 3 is 2.82 bits per heavy atom. The summed E-state index contributed by atoms with van der Waals surface area (Å²) in [4.78, 5) is 29.1. The van der Waals surface area contributed by atoms with Gasteiger partial charge in [-0.05, 0) is 62.6 Å². The second-order valence-electron chi connectivity index (χ2n) is 11.2. The highest BCUT2D eigenvalue weighted by molar-refractivity contribution is 7.22. The van der Waals surface area contributed by atoms with E-state index in [9.17, 15) is 9.90 Å². The van der Waals surface area contributed by atoms with Crippen LogP contribution in [0.4, 0.5) is 5.13 Å². The summed E-state index contributed by atoms with van der Waals surface area (Å²) >= 11 is 1.50. The van der Waals surface area contributed by atoms with Gasteiger partial charge in [0.1, 0.15) is 6.61 Å². The van der Waals surface area contributed by atoms with E-state index < -0.39 is 0 Å². The Morgan fingerprint density at radius 2 is 2.05 bits per heavy atom. The lowest BCUT2D eigenvalue weighted by molar-refractivity contribution is -0.128. The van der Waals surface area contributed by atoms with Gasteiger partial charge in [0.2, 0.25) is 5.91 Å². The summed E-state index contributed by atoms with van der Waals surface area (Å²) in [7, 11) is 0. The van der Waals surface area contributed by atoms with Gasteiger partial charge in [-0.3, -0.25) is 9.69 Å². The van der Waals surface area contributed by atoms with E-state index in [1.54, 1.807) is 12.4 Å². The van der Waals surface area contributed by atoms with E-state index in [0.29, 0.717) is 23.6 Å². The molecule has 0 bridgehead atoms. The lowest BCUT2D eigenvalue weighted by Gasteiger charge is -2.48. The standard InChI is InChI=1S/C28H33N5O4S/c34-22-2-1-3-23(22)37-15-25-29-13-19(14-30-25)17-4-5-21-24(12-17)38-27(31-21)32-26(35)18-10-20(11-18)33-8-9-36-16-28(33)6-7-28/h4-5,12-14,18,20,22-23,34H,1-3,6-11,15-16H2,(H,31,32,35)/t18?,20?,22-,23-/m0/s1. The number of aromatic nitrogens is 3. The predicted octanol–water partition coefficient (Wildman–Crippen LogP) is 3.77. The summed E-state index contributed by atoms with van der Waals surface area (Å²) in [6.07, 6.45) is 10.1. The van der Waals surface area contributed by atoms with Crippen molar-refractivity contribution in [3.63, 3.8) is 0 Å². The highest BCUT2D eigenvalue weighted by atomic mass is 32.1. The molecular formula is C28H33N5O4S. The molecule has 3 saturated carbocycles. The maximum atomic E-state index is 12.9. The van der Waals surface area contributed by atoms with Gasteiger partial charge in [0.05, 0.1) is 35.6 Å². The highest BCUT2D eigenvalue weighted by Gasteiger charge is 2.54. The van der Waals surface area contributed by atoms with Gasteiger partial charge in [-0.25, -0.2) is 15.0 Å². The van der Waals surface area contributed by atoms with Crippen molar-refractivity contribution in [3.05, 3.63) is 36.4 Å². The minimum atomic E-state index is -0.384. The van der Waals surface area contributed by atoms with Crippen molar-refractivity contribution < 1.29 is 19.4 Å². The number of nitrogens with one attached hydrogen (secondary N) is 1. The lowest BCUT2D eigenvalue weighted by Crippen LogP contribution is -2.57. The molecule has 10 heteroatoms. The zero-order chi connectivity index (χ0) is 25.7. The molecule has 2 aromatic heterocycles. The number of carbonyl (C=O) groups excluding carboxylic acids is 1. The van der Waals surface area contributed by atoms with Crippen molar-refractivity contribution >= 4 is 32.6 Å². The molecule has 200 valence electrons. The van der Waals surface area contributed by atoms with Crippen LogP contribution in [0.3, 0.4) is 0 Å². The SMILES string of the molecule is O=C(Nc1nc2ccc(-c3cnc(CO[C@H]4CCC[C@@H]4O)nc3)cc2s1)C1CC(N2CCOCC23CC3)C1. The monoisotopic (exact) mass is 535 g/mol. The van der Waals surface area contributed by atoms with E-state index in [-0.39, 0.29) is 29.6 Å². The summed E-state index contributed by atoms with van der Waals surface area (Å²) in [6, 6.07) is 6.55. The van der Waals surface area contributed by atoms with Crippen molar-refractivity contribution in [2.24, 2.45) is 5.92 Å². The number of fused-ring (bicyclic) bond motifs is 1. The number of benzene rings is 1. The zero-order valence-electron chi connectivity index (χ0n) is 21.3. The van der Waals surface area contributed by atoms with E-state index in [1.807, 2.05) is 12.1 Å². The van der Waals surface area contributed by atoms with Gasteiger partial charge in [0.15, 0.2) is 11.0 Å². The van der Waals surface area contributed by atoms with E-state index in [1.165, 1.54) is 24.2 Å². The van der Waals surface area contributed by atoms with Crippen LogP contribution in [0, 0.1) is 5.92 Å². The van der Waals surface area contributed by atoms with E-state index >= 15 is 0 Å². The first-order valence-corrected chi connectivity index (χ1v) is 14.5. The number of rotatable bonds is 7. The zero-order valence-corrected chi connectivity index (χ0v) is 22.2. The number of thiazole rings is 1. The third kappa shape index (κ3) is 4.73. The molecule has 1 amide bonds. The molecule has 9 nitrogen and oxygen atoms in total. The van der Waals surface area contributed by atoms with Gasteiger partial charge in [0, 0.05) is 42.0 Å². The minimum absolute atomic E-state index is 0.0535. The van der Waals surface area contributed by atoms with Crippen LogP contribution in [0.5, 0.6) is 0 Å². The molecule has 2 atom stereocenters. The quantitative estimate of drug-likeness (QED) is 0.471. The summed E-state index contributed by atoms with van der Waals surface area (Å²) in [5, 5.41) is 13.6. The maximum Gasteiger partial charge on any atom is 0.229 e. The van der Waals surface area contributed by atoms with E-state index in [0.717, 1.165) is 73.2 Å². The Hall–Kier alpha value is -2.50. The molecule has 3 aliphatic carbocycles. The molecule has 38 heavy (non-hydrogen) atoms. The molecule has 1 saturated heterocycles. The topological polar surface area (TPSA) is 110 Å². The molecule has 4 fully saturated rings. The van der Waals surface area contributed by atoms with Crippen molar-refractivity contribution in [1.82, 2.24) is 19.9 Å². The summed E-state index contributed by atoms with van der Waals surface area (Å²) < 4.78 is 12.5. The average molecular weight is 536 g/mol.